The fourth-order valence-corrected chi connectivity index (χ4v) is 4.42. The van der Waals surface area contributed by atoms with E-state index < -0.39 is 53.1 Å². The molecule has 1 fully saturated rings. The molecule has 1 aromatic heterocycles. The standard InChI is InChI=1S/C20H27N5O7S/c1-10-8-11(2)22-20(21-10)25-33(30,31)14-6-4-13(5-7-14)24-19-16(23-12(3)27)18(29)17(28)15(9-26)32-19/h4-8,15-19,24,26,28-29H,9H2,1-3H3,(H,23,27)(H,21,22,25). The molecule has 6 N–H and O–H groups in total. The molecule has 180 valence electrons. The summed E-state index contributed by atoms with van der Waals surface area (Å²) in [5, 5.41) is 35.3. The van der Waals surface area contributed by atoms with Crippen LogP contribution in [-0.2, 0) is 19.6 Å². The number of rotatable bonds is 7. The lowest BCUT2D eigenvalue weighted by molar-refractivity contribution is -0.188. The summed E-state index contributed by atoms with van der Waals surface area (Å²) in [6.07, 6.45) is -4.90. The highest BCUT2D eigenvalue weighted by Gasteiger charge is 2.44. The first-order valence-corrected chi connectivity index (χ1v) is 11.6. The number of hydrogen-bond donors (Lipinski definition) is 6. The molecule has 1 aliphatic heterocycles. The van der Waals surface area contributed by atoms with Crippen LogP contribution in [0.15, 0.2) is 35.2 Å². The lowest BCUT2D eigenvalue weighted by Gasteiger charge is -2.43. The van der Waals surface area contributed by atoms with Crippen molar-refractivity contribution in [1.29, 1.82) is 0 Å². The number of ether oxygens (including phenoxy) is 1. The van der Waals surface area contributed by atoms with Gasteiger partial charge in [-0.25, -0.2) is 23.1 Å². The summed E-state index contributed by atoms with van der Waals surface area (Å²) in [6, 6.07) is 6.33. The monoisotopic (exact) mass is 481 g/mol. The Labute approximate surface area is 191 Å². The van der Waals surface area contributed by atoms with Gasteiger partial charge in [0.25, 0.3) is 10.0 Å². The van der Waals surface area contributed by atoms with Gasteiger partial charge < -0.3 is 30.7 Å². The fraction of sp³-hybridized carbons (Fsp3) is 0.450. The van der Waals surface area contributed by atoms with Crippen LogP contribution in [-0.4, -0.2) is 76.8 Å². The highest BCUT2D eigenvalue weighted by Crippen LogP contribution is 2.24. The van der Waals surface area contributed by atoms with E-state index >= 15 is 0 Å². The molecular weight excluding hydrogens is 454 g/mol. The van der Waals surface area contributed by atoms with Crippen molar-refractivity contribution in [3.05, 3.63) is 41.7 Å². The van der Waals surface area contributed by atoms with Crippen LogP contribution < -0.4 is 15.4 Å². The summed E-state index contributed by atoms with van der Waals surface area (Å²) in [5.41, 5.74) is 1.65. The molecule has 0 spiro atoms. The number of aliphatic hydroxyl groups excluding tert-OH is 3. The van der Waals surface area contributed by atoms with Crippen LogP contribution in [0.5, 0.6) is 0 Å². The number of hydrogen-bond acceptors (Lipinski definition) is 10. The molecule has 12 nitrogen and oxygen atoms in total. The number of aryl methyl sites for hydroxylation is 2. The van der Waals surface area contributed by atoms with E-state index in [2.05, 4.69) is 25.3 Å². The predicted octanol–water partition coefficient (Wildman–Crippen LogP) is -0.750. The highest BCUT2D eigenvalue weighted by atomic mass is 32.2. The van der Waals surface area contributed by atoms with Crippen molar-refractivity contribution in [2.45, 2.75) is 56.2 Å². The van der Waals surface area contributed by atoms with Gasteiger partial charge in [-0.05, 0) is 44.2 Å². The Bertz CT molecular complexity index is 1080. The number of aromatic nitrogens is 2. The number of nitrogens with zero attached hydrogens (tertiary/aromatic N) is 2. The van der Waals surface area contributed by atoms with Gasteiger partial charge in [0, 0.05) is 24.0 Å². The second-order valence-corrected chi connectivity index (χ2v) is 9.42. The molecule has 33 heavy (non-hydrogen) atoms. The van der Waals surface area contributed by atoms with Crippen LogP contribution in [0.3, 0.4) is 0 Å². The zero-order valence-corrected chi connectivity index (χ0v) is 19.1. The molecule has 13 heteroatoms. The largest absolute Gasteiger partial charge is 0.394 e. The molecule has 5 unspecified atom stereocenters. The van der Waals surface area contributed by atoms with Crippen molar-refractivity contribution in [2.24, 2.45) is 0 Å². The van der Waals surface area contributed by atoms with E-state index in [1.807, 2.05) is 0 Å². The summed E-state index contributed by atoms with van der Waals surface area (Å²) in [6.45, 7) is 4.16. The van der Waals surface area contributed by atoms with Crippen molar-refractivity contribution in [2.75, 3.05) is 16.6 Å². The van der Waals surface area contributed by atoms with Gasteiger partial charge in [0.2, 0.25) is 11.9 Å². The minimum Gasteiger partial charge on any atom is -0.394 e. The van der Waals surface area contributed by atoms with Crippen molar-refractivity contribution in [1.82, 2.24) is 15.3 Å². The van der Waals surface area contributed by atoms with Gasteiger partial charge >= 0.3 is 0 Å². The average Bonchev–Trinajstić information content (AvgIpc) is 2.72. The molecule has 1 aliphatic rings. The van der Waals surface area contributed by atoms with E-state index in [4.69, 9.17) is 4.74 Å². The SMILES string of the molecule is CC(=O)NC1C(Nc2ccc(S(=O)(=O)Nc3nc(C)cc(C)n3)cc2)OC(CO)C(O)C1O. The second-order valence-electron chi connectivity index (χ2n) is 7.73. The minimum atomic E-state index is -3.95. The summed E-state index contributed by atoms with van der Waals surface area (Å²) < 4.78 is 33.3. The molecule has 1 aromatic carbocycles. The van der Waals surface area contributed by atoms with Crippen molar-refractivity contribution < 1.29 is 33.3 Å². The normalized spacial score (nSPS) is 25.3. The van der Waals surface area contributed by atoms with Crippen LogP contribution in [0, 0.1) is 13.8 Å². The summed E-state index contributed by atoms with van der Waals surface area (Å²) >= 11 is 0. The Morgan fingerprint density at radius 3 is 2.24 bits per heavy atom. The Balaban J connectivity index is 1.77. The number of carbonyl (C=O) groups is 1. The van der Waals surface area contributed by atoms with Crippen LogP contribution in [0.1, 0.15) is 18.3 Å². The average molecular weight is 482 g/mol. The van der Waals surface area contributed by atoms with Crippen LogP contribution >= 0.6 is 0 Å². The lowest BCUT2D eigenvalue weighted by atomic mass is 9.96. The first-order chi connectivity index (χ1) is 15.5. The number of amides is 1. The number of carbonyl (C=O) groups excluding carboxylic acids is 1. The molecule has 0 aliphatic carbocycles. The van der Waals surface area contributed by atoms with Crippen LogP contribution in [0.4, 0.5) is 11.6 Å². The molecule has 2 heterocycles. The third kappa shape index (κ3) is 5.94. The summed E-state index contributed by atoms with van der Waals surface area (Å²) in [5.74, 6) is -0.490. The van der Waals surface area contributed by atoms with E-state index in [1.165, 1.54) is 31.2 Å². The Morgan fingerprint density at radius 1 is 1.09 bits per heavy atom. The Hall–Kier alpha value is -2.84. The van der Waals surface area contributed by atoms with E-state index in [9.17, 15) is 28.5 Å². The smallest absolute Gasteiger partial charge is 0.264 e. The van der Waals surface area contributed by atoms with E-state index in [0.717, 1.165) is 0 Å². The lowest BCUT2D eigenvalue weighted by Crippen LogP contribution is -2.65. The van der Waals surface area contributed by atoms with E-state index in [-0.39, 0.29) is 10.8 Å². The fourth-order valence-electron chi connectivity index (χ4n) is 3.48. The molecule has 5 atom stereocenters. The number of aliphatic hydroxyl groups is 3. The molecule has 1 saturated heterocycles. The first-order valence-electron chi connectivity index (χ1n) is 10.1. The van der Waals surface area contributed by atoms with Crippen molar-refractivity contribution in [3.8, 4) is 0 Å². The quantitative estimate of drug-likeness (QED) is 0.294. The maximum Gasteiger partial charge on any atom is 0.264 e. The Morgan fingerprint density at radius 2 is 1.70 bits per heavy atom. The maximum atomic E-state index is 12.7. The van der Waals surface area contributed by atoms with Gasteiger partial charge in [-0.15, -0.1) is 0 Å². The van der Waals surface area contributed by atoms with Gasteiger partial charge in [0.1, 0.15) is 24.4 Å². The third-order valence-corrected chi connectivity index (χ3v) is 6.32. The van der Waals surface area contributed by atoms with Crippen molar-refractivity contribution in [3.63, 3.8) is 0 Å². The zero-order chi connectivity index (χ0) is 24.3. The van der Waals surface area contributed by atoms with E-state index in [1.54, 1.807) is 19.9 Å². The van der Waals surface area contributed by atoms with Crippen molar-refractivity contribution >= 4 is 27.6 Å². The van der Waals surface area contributed by atoms with Crippen LogP contribution in [0.25, 0.3) is 0 Å². The Kier molecular flexibility index (Phi) is 7.49. The maximum absolute atomic E-state index is 12.7. The predicted molar refractivity (Wildman–Crippen MR) is 118 cm³/mol. The number of sulfonamides is 1. The topological polar surface area (TPSA) is 183 Å². The number of anilines is 2. The third-order valence-electron chi connectivity index (χ3n) is 4.98. The highest BCUT2D eigenvalue weighted by molar-refractivity contribution is 7.92. The molecular formula is C20H27N5O7S. The van der Waals surface area contributed by atoms with Gasteiger partial charge in [-0.2, -0.15) is 0 Å². The molecule has 1 amide bonds. The van der Waals surface area contributed by atoms with Gasteiger partial charge in [0.15, 0.2) is 6.23 Å². The zero-order valence-electron chi connectivity index (χ0n) is 18.3. The van der Waals surface area contributed by atoms with Crippen LogP contribution in [0.2, 0.25) is 0 Å². The molecule has 0 bridgehead atoms. The molecule has 0 saturated carbocycles. The first kappa shape index (κ1) is 24.8. The van der Waals surface area contributed by atoms with Gasteiger partial charge in [-0.1, -0.05) is 0 Å². The summed E-state index contributed by atoms with van der Waals surface area (Å²) in [7, 11) is -3.95. The molecule has 3 rings (SSSR count). The molecule has 2 aromatic rings. The number of nitrogens with one attached hydrogen (secondary N) is 3. The van der Waals surface area contributed by atoms with E-state index in [0.29, 0.717) is 17.1 Å². The molecule has 0 radical (unpaired) electrons. The summed E-state index contributed by atoms with van der Waals surface area (Å²) in [4.78, 5) is 19.6. The van der Waals surface area contributed by atoms with Gasteiger partial charge in [-0.3, -0.25) is 4.79 Å². The minimum absolute atomic E-state index is 0.0361. The van der Waals surface area contributed by atoms with Gasteiger partial charge in [0.05, 0.1) is 11.5 Å². The number of benzene rings is 1. The second kappa shape index (κ2) is 9.97.